The Kier molecular flexibility index (Phi) is 6.89. The number of aliphatic hydroxyl groups is 1. The fraction of sp³-hybridized carbons (Fsp3) is 0.448. The molecule has 0 spiro atoms. The monoisotopic (exact) mass is 518 g/mol. The van der Waals surface area contributed by atoms with Crippen molar-refractivity contribution < 1.29 is 14.6 Å². The number of allylic oxidation sites excluding steroid dienone is 1. The number of hydrogen-bond acceptors (Lipinski definition) is 8. The van der Waals surface area contributed by atoms with E-state index < -0.39 is 11.2 Å². The summed E-state index contributed by atoms with van der Waals surface area (Å²) in [5.41, 5.74) is 2.62. The molecule has 1 atom stereocenters. The Bertz CT molecular complexity index is 1340. The quantitative estimate of drug-likeness (QED) is 0.376. The Hall–Kier alpha value is -3.10. The molecule has 194 valence electrons. The normalized spacial score (nSPS) is 20.2. The molecule has 0 amide bonds. The molecule has 1 saturated carbocycles. The minimum Gasteiger partial charge on any atom is -0.457 e. The summed E-state index contributed by atoms with van der Waals surface area (Å²) in [4.78, 5) is 27.8. The Balaban J connectivity index is 1.48. The molecule has 1 aromatic carbocycles. The minimum absolute atomic E-state index is 0.311. The van der Waals surface area contributed by atoms with E-state index in [0.29, 0.717) is 48.3 Å². The summed E-state index contributed by atoms with van der Waals surface area (Å²) < 4.78 is 5.58. The van der Waals surface area contributed by atoms with E-state index in [1.807, 2.05) is 45.0 Å². The van der Waals surface area contributed by atoms with Crippen LogP contribution < -0.4 is 5.32 Å². The number of esters is 1. The van der Waals surface area contributed by atoms with E-state index in [1.54, 1.807) is 6.20 Å². The van der Waals surface area contributed by atoms with Crippen molar-refractivity contribution in [3.8, 4) is 21.8 Å². The zero-order valence-electron chi connectivity index (χ0n) is 21.9. The van der Waals surface area contributed by atoms with E-state index >= 15 is 0 Å². The second-order valence-corrected chi connectivity index (χ2v) is 12.1. The molecular formula is C29H34N4O3S. The molecule has 2 heterocycles. The highest BCUT2D eigenvalue weighted by molar-refractivity contribution is 7.15. The van der Waals surface area contributed by atoms with E-state index in [1.165, 1.54) is 11.3 Å². The van der Waals surface area contributed by atoms with Gasteiger partial charge in [-0.3, -0.25) is 0 Å². The summed E-state index contributed by atoms with van der Waals surface area (Å²) in [5.74, 6) is 0.304. The van der Waals surface area contributed by atoms with Gasteiger partial charge in [-0.25, -0.2) is 19.7 Å². The molecule has 2 aliphatic rings. The van der Waals surface area contributed by atoms with Crippen molar-refractivity contribution in [2.45, 2.75) is 83.5 Å². The smallest absolute Gasteiger partial charge is 0.334 e. The van der Waals surface area contributed by atoms with Gasteiger partial charge in [0.2, 0.25) is 5.95 Å². The molecule has 0 aliphatic heterocycles. The van der Waals surface area contributed by atoms with Crippen LogP contribution in [0.25, 0.3) is 21.8 Å². The number of nitrogens with zero attached hydrogens (tertiary/aromatic N) is 3. The van der Waals surface area contributed by atoms with Crippen LogP contribution in [-0.4, -0.2) is 37.7 Å². The minimum atomic E-state index is -1.15. The zero-order valence-corrected chi connectivity index (χ0v) is 22.7. The molecular weight excluding hydrogens is 484 g/mol. The largest absolute Gasteiger partial charge is 0.457 e. The van der Waals surface area contributed by atoms with Crippen LogP contribution in [0, 0.1) is 6.92 Å². The number of benzene rings is 1. The van der Waals surface area contributed by atoms with Crippen molar-refractivity contribution in [2.24, 2.45) is 0 Å². The average molecular weight is 519 g/mol. The van der Waals surface area contributed by atoms with Crippen LogP contribution in [0.4, 0.5) is 5.95 Å². The molecule has 7 nitrogen and oxygen atoms in total. The van der Waals surface area contributed by atoms with Gasteiger partial charge >= 0.3 is 5.97 Å². The first-order chi connectivity index (χ1) is 17.6. The van der Waals surface area contributed by atoms with E-state index in [2.05, 4.69) is 29.4 Å². The second-order valence-electron chi connectivity index (χ2n) is 11.1. The maximum atomic E-state index is 12.7. The van der Waals surface area contributed by atoms with Gasteiger partial charge in [0, 0.05) is 23.4 Å². The third-order valence-corrected chi connectivity index (χ3v) is 7.80. The number of nitrogens with one attached hydrogen (secondary N) is 1. The second kappa shape index (κ2) is 9.99. The van der Waals surface area contributed by atoms with Gasteiger partial charge in [0.1, 0.15) is 16.2 Å². The lowest BCUT2D eigenvalue weighted by molar-refractivity contribution is -0.150. The Morgan fingerprint density at radius 1 is 1.19 bits per heavy atom. The van der Waals surface area contributed by atoms with Crippen molar-refractivity contribution in [2.75, 3.05) is 5.32 Å². The molecule has 37 heavy (non-hydrogen) atoms. The molecule has 0 bridgehead atoms. The van der Waals surface area contributed by atoms with E-state index in [0.717, 1.165) is 40.2 Å². The van der Waals surface area contributed by atoms with E-state index in [4.69, 9.17) is 14.7 Å². The summed E-state index contributed by atoms with van der Waals surface area (Å²) in [5, 5.41) is 15.9. The number of ether oxygens (including phenoxy) is 1. The molecule has 1 fully saturated rings. The molecule has 2 aromatic heterocycles. The highest BCUT2D eigenvalue weighted by atomic mass is 32.1. The molecule has 3 aromatic rings. The zero-order chi connectivity index (χ0) is 26.2. The number of anilines is 1. The van der Waals surface area contributed by atoms with Crippen molar-refractivity contribution in [3.63, 3.8) is 0 Å². The first-order valence-electron chi connectivity index (χ1n) is 12.9. The van der Waals surface area contributed by atoms with Gasteiger partial charge in [-0.1, -0.05) is 29.8 Å². The highest BCUT2D eigenvalue weighted by Crippen LogP contribution is 2.44. The van der Waals surface area contributed by atoms with Crippen LogP contribution in [0.2, 0.25) is 0 Å². The molecule has 8 heteroatoms. The third kappa shape index (κ3) is 6.08. The summed E-state index contributed by atoms with van der Waals surface area (Å²) in [7, 11) is 0. The maximum Gasteiger partial charge on any atom is 0.334 e. The molecule has 1 unspecified atom stereocenters. The number of carbonyl (C=O) groups excluding carboxylic acids is 1. The first kappa shape index (κ1) is 25.5. The predicted octanol–water partition coefficient (Wildman–Crippen LogP) is 6.18. The van der Waals surface area contributed by atoms with Crippen LogP contribution >= 0.6 is 11.3 Å². The summed E-state index contributed by atoms with van der Waals surface area (Å²) in [6, 6.07) is 10.6. The fourth-order valence-electron chi connectivity index (χ4n) is 4.44. The topological polar surface area (TPSA) is 97.2 Å². The lowest BCUT2D eigenvalue weighted by Crippen LogP contribution is -2.26. The van der Waals surface area contributed by atoms with E-state index in [-0.39, 0.29) is 5.97 Å². The number of thiazole rings is 1. The number of aryl methyl sites for hydroxylation is 1. The number of hydrogen-bond donors (Lipinski definition) is 2. The summed E-state index contributed by atoms with van der Waals surface area (Å²) in [6.45, 7) is 7.64. The van der Waals surface area contributed by atoms with Gasteiger partial charge < -0.3 is 15.2 Å². The molecule has 2 aliphatic carbocycles. The Morgan fingerprint density at radius 2 is 2.00 bits per heavy atom. The van der Waals surface area contributed by atoms with Crippen molar-refractivity contribution in [3.05, 3.63) is 58.7 Å². The molecule has 5 rings (SSSR count). The van der Waals surface area contributed by atoms with Gasteiger partial charge in [-0.15, -0.1) is 11.3 Å². The van der Waals surface area contributed by atoms with Crippen molar-refractivity contribution in [1.29, 1.82) is 0 Å². The van der Waals surface area contributed by atoms with Gasteiger partial charge in [0.15, 0.2) is 0 Å². The number of carbonyl (C=O) groups is 1. The van der Waals surface area contributed by atoms with Gasteiger partial charge in [0.05, 0.1) is 16.3 Å². The van der Waals surface area contributed by atoms with E-state index in [9.17, 15) is 9.90 Å². The number of aromatic nitrogens is 3. The van der Waals surface area contributed by atoms with Crippen LogP contribution in [0.3, 0.4) is 0 Å². The van der Waals surface area contributed by atoms with Gasteiger partial charge in [-0.2, -0.15) is 0 Å². The first-order valence-corrected chi connectivity index (χ1v) is 13.7. The van der Waals surface area contributed by atoms with Crippen molar-refractivity contribution >= 4 is 23.3 Å². The standard InChI is InChI=1S/C29H34N4O3S/c1-18-7-5-8-20(17-18)23-24(22-13-16-30-27(32-22)31-21-10-11-21)37-26(33-23)29(35)14-6-9-19(12-15-29)25(34)36-28(2,3)4/h5,7-9,13,16-17,21,35H,6,10-12,14-15H2,1-4H3,(H,30,31,32). The SMILES string of the molecule is Cc1cccc(-c2nc(C3(O)CCC=C(C(=O)OC(C)(C)C)CC3)sc2-c2ccnc(NC3CC3)n2)c1. The van der Waals surface area contributed by atoms with Crippen LogP contribution in [0.5, 0.6) is 0 Å². The van der Waals surface area contributed by atoms with Gasteiger partial charge in [0.25, 0.3) is 0 Å². The lowest BCUT2D eigenvalue weighted by Gasteiger charge is -2.24. The molecule has 0 saturated heterocycles. The third-order valence-electron chi connectivity index (χ3n) is 6.53. The summed E-state index contributed by atoms with van der Waals surface area (Å²) >= 11 is 1.47. The average Bonchev–Trinajstić information content (AvgIpc) is 3.57. The summed E-state index contributed by atoms with van der Waals surface area (Å²) in [6.07, 6.45) is 7.84. The van der Waals surface area contributed by atoms with Crippen molar-refractivity contribution in [1.82, 2.24) is 15.0 Å². The van der Waals surface area contributed by atoms with Crippen LogP contribution in [0.1, 0.15) is 69.9 Å². The van der Waals surface area contributed by atoms with Gasteiger partial charge in [-0.05, 0) is 78.4 Å². The lowest BCUT2D eigenvalue weighted by atomic mass is 9.94. The highest BCUT2D eigenvalue weighted by Gasteiger charge is 2.36. The number of rotatable bonds is 6. The predicted molar refractivity (Wildman–Crippen MR) is 146 cm³/mol. The Morgan fingerprint density at radius 3 is 2.73 bits per heavy atom. The fourth-order valence-corrected chi connectivity index (χ4v) is 5.65. The molecule has 2 N–H and O–H groups in total. The van der Waals surface area contributed by atoms with Crippen LogP contribution in [0.15, 0.2) is 48.2 Å². The Labute approximate surface area is 222 Å². The maximum absolute atomic E-state index is 12.7. The van der Waals surface area contributed by atoms with Crippen LogP contribution in [-0.2, 0) is 15.1 Å². The molecule has 0 radical (unpaired) electrons.